The molecule has 0 unspecified atom stereocenters. The molecular formula is C26H28. The Morgan fingerprint density at radius 2 is 0.500 bits per heavy atom. The molecule has 0 radical (unpaired) electrons. The van der Waals surface area contributed by atoms with Crippen molar-refractivity contribution in [1.29, 1.82) is 0 Å². The molecule has 0 amide bonds. The minimum atomic E-state index is 1.35. The van der Waals surface area contributed by atoms with Crippen molar-refractivity contribution in [2.24, 2.45) is 0 Å². The van der Waals surface area contributed by atoms with E-state index in [-0.39, 0.29) is 0 Å². The van der Waals surface area contributed by atoms with Gasteiger partial charge < -0.3 is 0 Å². The Morgan fingerprint density at radius 3 is 0.692 bits per heavy atom. The average Bonchev–Trinajstić information content (AvgIpc) is 2.65. The molecule has 0 nitrogen and oxygen atoms in total. The summed E-state index contributed by atoms with van der Waals surface area (Å²) in [4.78, 5) is 0. The van der Waals surface area contributed by atoms with Gasteiger partial charge in [-0.15, -0.1) is 0 Å². The molecule has 0 bridgehead atoms. The van der Waals surface area contributed by atoms with Gasteiger partial charge in [0.2, 0.25) is 0 Å². The average molecular weight is 341 g/mol. The standard InChI is InChI=1S/C26H28/c1-13-14(2)18(6)24-10-22-12-26-20(8)16(4)15(3)19(7)25(26)11-21(22)9-23(24)17(13)5/h9-12H,1-8H3. The molecule has 0 saturated carbocycles. The van der Waals surface area contributed by atoms with Crippen LogP contribution in [0, 0.1) is 55.4 Å². The van der Waals surface area contributed by atoms with Gasteiger partial charge in [0.25, 0.3) is 0 Å². The van der Waals surface area contributed by atoms with Gasteiger partial charge in [0.1, 0.15) is 0 Å². The third-order valence-electron chi connectivity index (χ3n) is 7.10. The molecule has 0 fully saturated rings. The van der Waals surface area contributed by atoms with E-state index in [9.17, 15) is 0 Å². The number of fused-ring (bicyclic) bond motifs is 3. The van der Waals surface area contributed by atoms with Crippen LogP contribution in [0.3, 0.4) is 0 Å². The van der Waals surface area contributed by atoms with Crippen LogP contribution < -0.4 is 0 Å². The highest BCUT2D eigenvalue weighted by atomic mass is 14.2. The maximum absolute atomic E-state index is 2.41. The largest absolute Gasteiger partial charge is 0.0462 e. The maximum Gasteiger partial charge on any atom is -0.0143 e. The number of hydrogen-bond acceptors (Lipinski definition) is 0. The van der Waals surface area contributed by atoms with E-state index < -0.39 is 0 Å². The Morgan fingerprint density at radius 1 is 0.308 bits per heavy atom. The van der Waals surface area contributed by atoms with Crippen molar-refractivity contribution < 1.29 is 0 Å². The molecule has 4 aromatic rings. The van der Waals surface area contributed by atoms with E-state index in [0.717, 1.165) is 0 Å². The second-order valence-electron chi connectivity index (χ2n) is 8.14. The number of rotatable bonds is 0. The second kappa shape index (κ2) is 5.58. The van der Waals surface area contributed by atoms with Gasteiger partial charge in [0.15, 0.2) is 0 Å². The van der Waals surface area contributed by atoms with Crippen molar-refractivity contribution in [3.8, 4) is 0 Å². The molecule has 0 aromatic heterocycles. The zero-order valence-corrected chi connectivity index (χ0v) is 17.3. The quantitative estimate of drug-likeness (QED) is 0.289. The lowest BCUT2D eigenvalue weighted by atomic mass is 9.87. The SMILES string of the molecule is Cc1c(C)c(C)c2cc3cc4c(C)c(C)c(C)c(C)c4cc3cc2c1C. The zero-order valence-electron chi connectivity index (χ0n) is 17.3. The van der Waals surface area contributed by atoms with Crippen molar-refractivity contribution >= 4 is 32.3 Å². The van der Waals surface area contributed by atoms with Crippen LogP contribution in [0.2, 0.25) is 0 Å². The molecular weight excluding hydrogens is 312 g/mol. The first kappa shape index (κ1) is 17.1. The van der Waals surface area contributed by atoms with Crippen LogP contribution in [-0.4, -0.2) is 0 Å². The van der Waals surface area contributed by atoms with Gasteiger partial charge in [-0.25, -0.2) is 0 Å². The van der Waals surface area contributed by atoms with E-state index in [1.54, 1.807) is 0 Å². The summed E-state index contributed by atoms with van der Waals surface area (Å²) in [6, 6.07) is 9.62. The van der Waals surface area contributed by atoms with Gasteiger partial charge in [0.05, 0.1) is 0 Å². The van der Waals surface area contributed by atoms with Crippen molar-refractivity contribution in [3.05, 3.63) is 68.8 Å². The van der Waals surface area contributed by atoms with Gasteiger partial charge >= 0.3 is 0 Å². The molecule has 0 spiro atoms. The molecule has 0 aliphatic carbocycles. The van der Waals surface area contributed by atoms with Crippen LogP contribution in [0.4, 0.5) is 0 Å². The Bertz CT molecular complexity index is 1040. The van der Waals surface area contributed by atoms with E-state index in [1.807, 2.05) is 0 Å². The molecule has 0 saturated heterocycles. The molecule has 0 aliphatic rings. The van der Waals surface area contributed by atoms with E-state index >= 15 is 0 Å². The molecule has 0 atom stereocenters. The topological polar surface area (TPSA) is 0 Å². The normalized spacial score (nSPS) is 11.8. The Balaban J connectivity index is 2.23. The predicted molar refractivity (Wildman–Crippen MR) is 117 cm³/mol. The Kier molecular flexibility index (Phi) is 3.67. The molecule has 4 rings (SSSR count). The van der Waals surface area contributed by atoms with Crippen molar-refractivity contribution in [3.63, 3.8) is 0 Å². The molecule has 0 N–H and O–H groups in total. The van der Waals surface area contributed by atoms with Gasteiger partial charge in [-0.05, 0) is 156 Å². The van der Waals surface area contributed by atoms with E-state index in [0.29, 0.717) is 0 Å². The summed E-state index contributed by atoms with van der Waals surface area (Å²) in [6.07, 6.45) is 0. The summed E-state index contributed by atoms with van der Waals surface area (Å²) >= 11 is 0. The third kappa shape index (κ3) is 2.14. The van der Waals surface area contributed by atoms with Gasteiger partial charge in [-0.3, -0.25) is 0 Å². The van der Waals surface area contributed by atoms with Crippen molar-refractivity contribution in [1.82, 2.24) is 0 Å². The first-order chi connectivity index (χ1) is 12.2. The van der Waals surface area contributed by atoms with Gasteiger partial charge in [-0.1, -0.05) is 0 Å². The highest BCUT2D eigenvalue weighted by Crippen LogP contribution is 2.36. The first-order valence-corrected chi connectivity index (χ1v) is 9.56. The number of hydrogen-bond donors (Lipinski definition) is 0. The first-order valence-electron chi connectivity index (χ1n) is 9.56. The smallest absolute Gasteiger partial charge is 0.0143 e. The third-order valence-corrected chi connectivity index (χ3v) is 7.10. The molecule has 4 aromatic carbocycles. The van der Waals surface area contributed by atoms with Crippen LogP contribution in [0.25, 0.3) is 32.3 Å². The summed E-state index contributed by atoms with van der Waals surface area (Å²) in [5.41, 5.74) is 11.4. The summed E-state index contributed by atoms with van der Waals surface area (Å²) in [5, 5.41) is 8.29. The fourth-order valence-corrected chi connectivity index (χ4v) is 4.52. The van der Waals surface area contributed by atoms with Crippen LogP contribution >= 0.6 is 0 Å². The molecule has 26 heavy (non-hydrogen) atoms. The van der Waals surface area contributed by atoms with Crippen LogP contribution in [0.5, 0.6) is 0 Å². The highest BCUT2D eigenvalue weighted by Gasteiger charge is 2.13. The minimum absolute atomic E-state index is 1.35. The summed E-state index contributed by atoms with van der Waals surface area (Å²) in [5.74, 6) is 0. The lowest BCUT2D eigenvalue weighted by molar-refractivity contribution is 1.25. The summed E-state index contributed by atoms with van der Waals surface area (Å²) in [6.45, 7) is 18.1. The fraction of sp³-hybridized carbons (Fsp3) is 0.308. The Labute approximate surface area is 156 Å². The van der Waals surface area contributed by atoms with Crippen LogP contribution in [-0.2, 0) is 0 Å². The lowest BCUT2D eigenvalue weighted by Gasteiger charge is -2.17. The summed E-state index contributed by atoms with van der Waals surface area (Å²) in [7, 11) is 0. The minimum Gasteiger partial charge on any atom is -0.0462 e. The molecule has 0 heterocycles. The van der Waals surface area contributed by atoms with Gasteiger partial charge in [-0.2, -0.15) is 0 Å². The van der Waals surface area contributed by atoms with Crippen LogP contribution in [0.1, 0.15) is 44.5 Å². The second-order valence-corrected chi connectivity index (χ2v) is 8.14. The predicted octanol–water partition coefficient (Wildman–Crippen LogP) is 7.61. The van der Waals surface area contributed by atoms with Gasteiger partial charge in [0, 0.05) is 0 Å². The number of aryl methyl sites for hydroxylation is 4. The van der Waals surface area contributed by atoms with E-state index in [2.05, 4.69) is 79.7 Å². The summed E-state index contributed by atoms with van der Waals surface area (Å²) < 4.78 is 0. The van der Waals surface area contributed by atoms with Crippen LogP contribution in [0.15, 0.2) is 24.3 Å². The lowest BCUT2D eigenvalue weighted by Crippen LogP contribution is -1.96. The maximum atomic E-state index is 2.41. The number of benzene rings is 4. The highest BCUT2D eigenvalue weighted by molar-refractivity contribution is 6.08. The van der Waals surface area contributed by atoms with E-state index in [1.165, 1.54) is 76.8 Å². The molecule has 0 aliphatic heterocycles. The van der Waals surface area contributed by atoms with Crippen molar-refractivity contribution in [2.75, 3.05) is 0 Å². The van der Waals surface area contributed by atoms with Crippen molar-refractivity contribution in [2.45, 2.75) is 55.4 Å². The Hall–Kier alpha value is -2.34. The van der Waals surface area contributed by atoms with E-state index in [4.69, 9.17) is 0 Å². The molecule has 0 heteroatoms. The monoisotopic (exact) mass is 340 g/mol. The zero-order chi connectivity index (χ0) is 18.9. The molecule has 132 valence electrons. The fourth-order valence-electron chi connectivity index (χ4n) is 4.52.